The molecule has 0 aliphatic heterocycles. The van der Waals surface area contributed by atoms with E-state index in [-0.39, 0.29) is 11.7 Å². The molecular weight excluding hydrogens is 298 g/mol. The van der Waals surface area contributed by atoms with Crippen molar-refractivity contribution in [2.24, 2.45) is 0 Å². The lowest BCUT2D eigenvalue weighted by atomic mass is 9.83. The highest BCUT2D eigenvalue weighted by Gasteiger charge is 2.33. The van der Waals surface area contributed by atoms with E-state index in [4.69, 9.17) is 4.42 Å². The van der Waals surface area contributed by atoms with Crippen LogP contribution < -0.4 is 5.32 Å². The summed E-state index contributed by atoms with van der Waals surface area (Å²) in [5.74, 6) is 0.0618. The van der Waals surface area contributed by atoms with E-state index in [1.807, 2.05) is 24.3 Å². The number of hydrogen-bond acceptors (Lipinski definition) is 5. The average molecular weight is 315 g/mol. The Morgan fingerprint density at radius 1 is 1.36 bits per heavy atom. The van der Waals surface area contributed by atoms with Gasteiger partial charge in [-0.05, 0) is 25.0 Å². The van der Waals surface area contributed by atoms with Gasteiger partial charge in [0.05, 0.1) is 11.8 Å². The van der Waals surface area contributed by atoms with Crippen LogP contribution in [0, 0.1) is 11.3 Å². The summed E-state index contributed by atoms with van der Waals surface area (Å²) in [7, 11) is 0. The molecule has 6 heteroatoms. The van der Waals surface area contributed by atoms with Gasteiger partial charge in [-0.25, -0.2) is 4.98 Å². The van der Waals surface area contributed by atoms with E-state index < -0.39 is 5.54 Å². The molecule has 0 atom stereocenters. The highest BCUT2D eigenvalue weighted by Crippen LogP contribution is 2.28. The maximum Gasteiger partial charge on any atom is 0.257 e. The Bertz CT molecular complexity index is 680. The van der Waals surface area contributed by atoms with E-state index in [2.05, 4.69) is 16.4 Å². The van der Waals surface area contributed by atoms with E-state index in [0.29, 0.717) is 10.8 Å². The molecule has 0 bridgehead atoms. The van der Waals surface area contributed by atoms with Crippen molar-refractivity contribution in [3.8, 4) is 6.07 Å². The molecule has 5 nitrogen and oxygen atoms in total. The van der Waals surface area contributed by atoms with Crippen LogP contribution in [0.4, 0.5) is 0 Å². The lowest BCUT2D eigenvalue weighted by Crippen LogP contribution is -2.49. The smallest absolute Gasteiger partial charge is 0.257 e. The lowest BCUT2D eigenvalue weighted by molar-refractivity contribution is -0.120. The molecule has 1 heterocycles. The number of nitrogens with one attached hydrogen (secondary N) is 1. The normalized spacial score (nSPS) is 17.0. The van der Waals surface area contributed by atoms with Crippen molar-refractivity contribution in [2.45, 2.75) is 42.9 Å². The van der Waals surface area contributed by atoms with Gasteiger partial charge in [-0.2, -0.15) is 5.26 Å². The number of rotatable bonds is 4. The highest BCUT2D eigenvalue weighted by atomic mass is 32.2. The molecule has 1 saturated carbocycles. The Kier molecular flexibility index (Phi) is 4.34. The Hall–Kier alpha value is -2.00. The number of carbonyl (C=O) groups is 1. The number of thioether (sulfide) groups is 1. The van der Waals surface area contributed by atoms with Gasteiger partial charge in [-0.3, -0.25) is 4.79 Å². The van der Waals surface area contributed by atoms with Crippen molar-refractivity contribution < 1.29 is 9.21 Å². The Morgan fingerprint density at radius 3 is 2.86 bits per heavy atom. The summed E-state index contributed by atoms with van der Waals surface area (Å²) in [6.45, 7) is 0. The molecule has 114 valence electrons. The first kappa shape index (κ1) is 14.9. The van der Waals surface area contributed by atoms with Gasteiger partial charge in [0.25, 0.3) is 5.22 Å². The molecule has 2 aromatic rings. The maximum atomic E-state index is 12.1. The third-order valence-corrected chi connectivity index (χ3v) is 4.73. The zero-order valence-corrected chi connectivity index (χ0v) is 13.0. The van der Waals surface area contributed by atoms with E-state index in [0.717, 1.165) is 37.6 Å². The number of nitrogens with zero attached hydrogens (tertiary/aromatic N) is 2. The molecule has 22 heavy (non-hydrogen) atoms. The summed E-state index contributed by atoms with van der Waals surface area (Å²) < 4.78 is 5.57. The first-order valence-corrected chi connectivity index (χ1v) is 8.40. The van der Waals surface area contributed by atoms with Gasteiger partial charge in [0.1, 0.15) is 11.1 Å². The minimum atomic E-state index is -0.683. The second-order valence-electron chi connectivity index (χ2n) is 5.54. The number of amides is 1. The molecule has 1 N–H and O–H groups in total. The van der Waals surface area contributed by atoms with Crippen LogP contribution in [-0.2, 0) is 4.79 Å². The zero-order chi connectivity index (χ0) is 15.4. The second kappa shape index (κ2) is 6.41. The van der Waals surface area contributed by atoms with Crippen molar-refractivity contribution >= 4 is 28.8 Å². The van der Waals surface area contributed by atoms with E-state index >= 15 is 0 Å². The number of benzene rings is 1. The number of hydrogen-bond donors (Lipinski definition) is 1. The molecule has 3 rings (SSSR count). The molecule has 0 saturated heterocycles. The summed E-state index contributed by atoms with van der Waals surface area (Å²) in [5.41, 5.74) is 0.814. The SMILES string of the molecule is N#CC1(NC(=O)CSc2nc3ccccc3o2)CCCCC1. The first-order chi connectivity index (χ1) is 10.7. The predicted octanol–water partition coefficient (Wildman–Crippen LogP) is 3.26. The Morgan fingerprint density at radius 2 is 2.14 bits per heavy atom. The number of fused-ring (bicyclic) bond motifs is 1. The molecule has 1 amide bonds. The number of oxazole rings is 1. The van der Waals surface area contributed by atoms with Gasteiger partial charge >= 0.3 is 0 Å². The molecule has 1 aromatic carbocycles. The third-order valence-electron chi connectivity index (χ3n) is 3.90. The summed E-state index contributed by atoms with van der Waals surface area (Å²) in [4.78, 5) is 16.4. The predicted molar refractivity (Wildman–Crippen MR) is 84.3 cm³/mol. The summed E-state index contributed by atoms with van der Waals surface area (Å²) in [6.07, 6.45) is 4.60. The molecule has 0 radical (unpaired) electrons. The van der Waals surface area contributed by atoms with Crippen molar-refractivity contribution in [2.75, 3.05) is 5.75 Å². The van der Waals surface area contributed by atoms with Gasteiger partial charge in [0.15, 0.2) is 5.58 Å². The fourth-order valence-electron chi connectivity index (χ4n) is 2.76. The van der Waals surface area contributed by atoms with Crippen LogP contribution in [-0.4, -0.2) is 22.2 Å². The number of nitriles is 1. The molecule has 1 fully saturated rings. The third kappa shape index (κ3) is 3.25. The van der Waals surface area contributed by atoms with Crippen molar-refractivity contribution in [1.82, 2.24) is 10.3 Å². The van der Waals surface area contributed by atoms with Gasteiger partial charge in [-0.1, -0.05) is 43.2 Å². The second-order valence-corrected chi connectivity index (χ2v) is 6.47. The highest BCUT2D eigenvalue weighted by molar-refractivity contribution is 7.99. The van der Waals surface area contributed by atoms with Crippen LogP contribution in [0.2, 0.25) is 0 Å². The van der Waals surface area contributed by atoms with Crippen LogP contribution in [0.25, 0.3) is 11.1 Å². The van der Waals surface area contributed by atoms with E-state index in [9.17, 15) is 10.1 Å². The Labute approximate surface area is 133 Å². The van der Waals surface area contributed by atoms with E-state index in [1.165, 1.54) is 11.8 Å². The molecule has 1 aliphatic carbocycles. The maximum absolute atomic E-state index is 12.1. The molecule has 1 aliphatic rings. The van der Waals surface area contributed by atoms with Gasteiger partial charge in [-0.15, -0.1) is 0 Å². The summed E-state index contributed by atoms with van der Waals surface area (Å²) in [6, 6.07) is 9.78. The van der Waals surface area contributed by atoms with E-state index in [1.54, 1.807) is 0 Å². The largest absolute Gasteiger partial charge is 0.431 e. The Balaban J connectivity index is 1.59. The quantitative estimate of drug-likeness (QED) is 0.876. The number of para-hydroxylation sites is 2. The topological polar surface area (TPSA) is 78.9 Å². The van der Waals surface area contributed by atoms with Crippen LogP contribution in [0.1, 0.15) is 32.1 Å². The number of carbonyl (C=O) groups excluding carboxylic acids is 1. The van der Waals surface area contributed by atoms with Crippen LogP contribution in [0.15, 0.2) is 33.9 Å². The zero-order valence-electron chi connectivity index (χ0n) is 12.2. The minimum absolute atomic E-state index is 0.143. The number of aromatic nitrogens is 1. The van der Waals surface area contributed by atoms with Crippen LogP contribution in [0.3, 0.4) is 0 Å². The van der Waals surface area contributed by atoms with Crippen molar-refractivity contribution in [3.63, 3.8) is 0 Å². The first-order valence-electron chi connectivity index (χ1n) is 7.41. The molecule has 0 spiro atoms. The molecule has 0 unspecified atom stereocenters. The minimum Gasteiger partial charge on any atom is -0.431 e. The molecule has 1 aromatic heterocycles. The van der Waals surface area contributed by atoms with Crippen molar-refractivity contribution in [3.05, 3.63) is 24.3 Å². The summed E-state index contributed by atoms with van der Waals surface area (Å²) in [5, 5.41) is 12.7. The van der Waals surface area contributed by atoms with Crippen LogP contribution in [0.5, 0.6) is 0 Å². The van der Waals surface area contributed by atoms with Crippen LogP contribution >= 0.6 is 11.8 Å². The van der Waals surface area contributed by atoms with Gasteiger partial charge < -0.3 is 9.73 Å². The molecular formula is C16H17N3O2S. The fourth-order valence-corrected chi connectivity index (χ4v) is 3.40. The average Bonchev–Trinajstić information content (AvgIpc) is 2.97. The standard InChI is InChI=1S/C16H17N3O2S/c17-11-16(8-4-1-5-9-16)19-14(20)10-22-15-18-12-6-2-3-7-13(12)21-15/h2-3,6-7H,1,4-5,8-10H2,(H,19,20). The van der Waals surface area contributed by atoms with Gasteiger partial charge in [0, 0.05) is 0 Å². The fraction of sp³-hybridized carbons (Fsp3) is 0.438. The lowest BCUT2D eigenvalue weighted by Gasteiger charge is -2.31. The monoisotopic (exact) mass is 315 g/mol. The van der Waals surface area contributed by atoms with Gasteiger partial charge in [0.2, 0.25) is 5.91 Å². The van der Waals surface area contributed by atoms with Crippen molar-refractivity contribution in [1.29, 1.82) is 5.26 Å². The summed E-state index contributed by atoms with van der Waals surface area (Å²) >= 11 is 1.25.